The highest BCUT2D eigenvalue weighted by Gasteiger charge is 2.13. The topological polar surface area (TPSA) is 125 Å². The van der Waals surface area contributed by atoms with Crippen LogP contribution in [0.4, 0.5) is 0 Å². The van der Waals surface area contributed by atoms with Crippen LogP contribution in [0.2, 0.25) is 0 Å². The van der Waals surface area contributed by atoms with Gasteiger partial charge in [0, 0.05) is 12.8 Å². The average Bonchev–Trinajstić information content (AvgIpc) is 2.60. The van der Waals surface area contributed by atoms with Gasteiger partial charge in [0.15, 0.2) is 0 Å². The molecule has 0 heterocycles. The van der Waals surface area contributed by atoms with E-state index in [2.05, 4.69) is 12.2 Å². The molecule has 0 aliphatic heterocycles. The first-order valence-electron chi connectivity index (χ1n) is 9.33. The summed E-state index contributed by atoms with van der Waals surface area (Å²) < 4.78 is 5.90. The first-order valence-corrected chi connectivity index (χ1v) is 9.33. The summed E-state index contributed by atoms with van der Waals surface area (Å²) in [5.41, 5.74) is 13.8. The van der Waals surface area contributed by atoms with Gasteiger partial charge in [0.1, 0.15) is 12.4 Å². The molecule has 1 aromatic rings. The summed E-state index contributed by atoms with van der Waals surface area (Å²) in [7, 11) is 0. The molecule has 0 aliphatic carbocycles. The van der Waals surface area contributed by atoms with E-state index in [9.17, 15) is 14.4 Å². The van der Waals surface area contributed by atoms with Crippen molar-refractivity contribution in [2.24, 2.45) is 11.5 Å². The molecule has 0 spiro atoms. The van der Waals surface area contributed by atoms with E-state index < -0.39 is 5.91 Å². The zero-order valence-corrected chi connectivity index (χ0v) is 16.3. The lowest BCUT2D eigenvalue weighted by Gasteiger charge is -2.19. The second kappa shape index (κ2) is 11.9. The molecule has 0 radical (unpaired) electrons. The first kappa shape index (κ1) is 22.5. The van der Waals surface area contributed by atoms with Crippen molar-refractivity contribution >= 4 is 18.2 Å². The monoisotopic (exact) mass is 377 g/mol. The Morgan fingerprint density at radius 2 is 1.81 bits per heavy atom. The Labute approximate surface area is 160 Å². The molecular weight excluding hydrogens is 346 g/mol. The Morgan fingerprint density at radius 1 is 1.11 bits per heavy atom. The molecule has 0 saturated heterocycles. The number of unbranched alkanes of at least 4 members (excludes halogenated alkanes) is 2. The number of ether oxygens (including phenoxy) is 1. The molecule has 0 bridgehead atoms. The van der Waals surface area contributed by atoms with Crippen LogP contribution in [-0.2, 0) is 20.8 Å². The zero-order chi connectivity index (χ0) is 20.2. The Kier molecular flexibility index (Phi) is 9.93. The van der Waals surface area contributed by atoms with Crippen LogP contribution in [0, 0.1) is 13.8 Å². The van der Waals surface area contributed by atoms with Crippen molar-refractivity contribution in [3.8, 4) is 5.75 Å². The lowest BCUT2D eigenvalue weighted by atomic mass is 9.96. The number of benzene rings is 1. The molecule has 5 N–H and O–H groups in total. The standard InChI is InChI=1S/C20H31N3O4/c1-14-8-10-18(27-12-16(23-13-24)9-11-20(22)26)15(2)17(14)6-4-3-5-7-19(21)25/h8,10,13,16H,3-7,9,11-12H2,1-2H3,(H2,21,25)(H2,22,26)(H,23,24)/t16-/m0/s1. The molecule has 1 rings (SSSR count). The summed E-state index contributed by atoms with van der Waals surface area (Å²) in [5.74, 6) is 0.106. The summed E-state index contributed by atoms with van der Waals surface area (Å²) in [6.07, 6.45) is 5.31. The molecule has 1 aromatic carbocycles. The Hall–Kier alpha value is -2.57. The van der Waals surface area contributed by atoms with Gasteiger partial charge in [-0.3, -0.25) is 14.4 Å². The molecule has 7 heteroatoms. The fourth-order valence-corrected chi connectivity index (χ4v) is 3.01. The van der Waals surface area contributed by atoms with Gasteiger partial charge in [-0.1, -0.05) is 12.5 Å². The summed E-state index contributed by atoms with van der Waals surface area (Å²) in [6.45, 7) is 4.36. The molecular formula is C20H31N3O4. The highest BCUT2D eigenvalue weighted by molar-refractivity contribution is 5.74. The highest BCUT2D eigenvalue weighted by atomic mass is 16.5. The maximum absolute atomic E-state index is 10.9. The molecule has 7 nitrogen and oxygen atoms in total. The van der Waals surface area contributed by atoms with Crippen LogP contribution in [0.1, 0.15) is 55.2 Å². The molecule has 0 aliphatic rings. The van der Waals surface area contributed by atoms with Crippen molar-refractivity contribution in [3.05, 3.63) is 28.8 Å². The van der Waals surface area contributed by atoms with Gasteiger partial charge in [0.05, 0.1) is 6.04 Å². The van der Waals surface area contributed by atoms with Crippen LogP contribution in [0.5, 0.6) is 5.75 Å². The number of carbonyl (C=O) groups is 3. The van der Waals surface area contributed by atoms with Gasteiger partial charge in [-0.2, -0.15) is 0 Å². The van der Waals surface area contributed by atoms with E-state index in [0.717, 1.165) is 37.0 Å². The van der Waals surface area contributed by atoms with Gasteiger partial charge >= 0.3 is 0 Å². The number of amides is 3. The van der Waals surface area contributed by atoms with Crippen LogP contribution >= 0.6 is 0 Å². The number of nitrogens with one attached hydrogen (secondary N) is 1. The van der Waals surface area contributed by atoms with Gasteiger partial charge in [0.2, 0.25) is 18.2 Å². The third kappa shape index (κ3) is 8.57. The predicted molar refractivity (Wildman–Crippen MR) is 104 cm³/mol. The minimum Gasteiger partial charge on any atom is -0.491 e. The maximum atomic E-state index is 10.9. The molecule has 150 valence electrons. The van der Waals surface area contributed by atoms with E-state index >= 15 is 0 Å². The number of aryl methyl sites for hydroxylation is 1. The van der Waals surface area contributed by atoms with E-state index in [4.69, 9.17) is 16.2 Å². The van der Waals surface area contributed by atoms with Crippen LogP contribution < -0.4 is 21.5 Å². The fraction of sp³-hybridized carbons (Fsp3) is 0.550. The summed E-state index contributed by atoms with van der Waals surface area (Å²) in [4.78, 5) is 32.5. The molecule has 0 saturated carbocycles. The van der Waals surface area contributed by atoms with E-state index in [0.29, 0.717) is 19.3 Å². The minimum atomic E-state index is -0.405. The van der Waals surface area contributed by atoms with Crippen molar-refractivity contribution < 1.29 is 19.1 Å². The molecule has 0 unspecified atom stereocenters. The summed E-state index contributed by atoms with van der Waals surface area (Å²) >= 11 is 0. The van der Waals surface area contributed by atoms with Crippen LogP contribution in [0.15, 0.2) is 12.1 Å². The second-order valence-corrected chi connectivity index (χ2v) is 6.81. The quantitative estimate of drug-likeness (QED) is 0.337. The molecule has 3 amide bonds. The average molecular weight is 377 g/mol. The number of hydrogen-bond donors (Lipinski definition) is 3. The number of primary amides is 2. The predicted octanol–water partition coefficient (Wildman–Crippen LogP) is 1.65. The van der Waals surface area contributed by atoms with Gasteiger partial charge in [0.25, 0.3) is 0 Å². The fourth-order valence-electron chi connectivity index (χ4n) is 3.01. The maximum Gasteiger partial charge on any atom is 0.217 e. The van der Waals surface area contributed by atoms with Gasteiger partial charge in [-0.25, -0.2) is 0 Å². The molecule has 0 aromatic heterocycles. The smallest absolute Gasteiger partial charge is 0.217 e. The number of rotatable bonds is 14. The van der Waals surface area contributed by atoms with E-state index in [-0.39, 0.29) is 25.0 Å². The third-order valence-electron chi connectivity index (χ3n) is 4.62. The highest BCUT2D eigenvalue weighted by Crippen LogP contribution is 2.26. The van der Waals surface area contributed by atoms with Crippen molar-refractivity contribution in [2.75, 3.05) is 6.61 Å². The molecule has 0 fully saturated rings. The SMILES string of the molecule is Cc1ccc(OC[C@H](CCC(N)=O)NC=O)c(C)c1CCCCCC(N)=O. The largest absolute Gasteiger partial charge is 0.491 e. The van der Waals surface area contributed by atoms with Crippen molar-refractivity contribution in [2.45, 2.75) is 64.8 Å². The lowest BCUT2D eigenvalue weighted by molar-refractivity contribution is -0.119. The molecule has 27 heavy (non-hydrogen) atoms. The van der Waals surface area contributed by atoms with E-state index in [1.54, 1.807) is 0 Å². The number of carbonyl (C=O) groups excluding carboxylic acids is 3. The Morgan fingerprint density at radius 3 is 2.44 bits per heavy atom. The first-order chi connectivity index (χ1) is 12.8. The van der Waals surface area contributed by atoms with Crippen molar-refractivity contribution in [1.82, 2.24) is 5.32 Å². The Bertz CT molecular complexity index is 646. The third-order valence-corrected chi connectivity index (χ3v) is 4.62. The van der Waals surface area contributed by atoms with Gasteiger partial charge < -0.3 is 21.5 Å². The van der Waals surface area contributed by atoms with Gasteiger partial charge in [-0.05, 0) is 62.3 Å². The number of nitrogens with two attached hydrogens (primary N) is 2. The van der Waals surface area contributed by atoms with Gasteiger partial charge in [-0.15, -0.1) is 0 Å². The van der Waals surface area contributed by atoms with Crippen LogP contribution in [-0.4, -0.2) is 30.9 Å². The van der Waals surface area contributed by atoms with Crippen LogP contribution in [0.25, 0.3) is 0 Å². The van der Waals surface area contributed by atoms with Crippen LogP contribution in [0.3, 0.4) is 0 Å². The van der Waals surface area contributed by atoms with Crippen molar-refractivity contribution in [1.29, 1.82) is 0 Å². The van der Waals surface area contributed by atoms with E-state index in [1.165, 1.54) is 11.1 Å². The zero-order valence-electron chi connectivity index (χ0n) is 16.3. The normalized spacial score (nSPS) is 11.6. The number of hydrogen-bond acceptors (Lipinski definition) is 4. The lowest BCUT2D eigenvalue weighted by Crippen LogP contribution is -2.34. The summed E-state index contributed by atoms with van der Waals surface area (Å²) in [6, 6.07) is 3.67. The Balaban J connectivity index is 2.65. The van der Waals surface area contributed by atoms with Crippen molar-refractivity contribution in [3.63, 3.8) is 0 Å². The summed E-state index contributed by atoms with van der Waals surface area (Å²) in [5, 5.41) is 2.66. The van der Waals surface area contributed by atoms with E-state index in [1.807, 2.05) is 19.1 Å². The second-order valence-electron chi connectivity index (χ2n) is 6.81. The minimum absolute atomic E-state index is 0.193. The molecule has 1 atom stereocenters.